The average molecular weight is 345 g/mol. The SMILES string of the molecule is CCCCCNc1nc2sc3c(c2c2ncnn12)CC(C)(C)OC3. The van der Waals surface area contributed by atoms with Crippen LogP contribution >= 0.6 is 11.3 Å². The average Bonchev–Trinajstić information content (AvgIpc) is 3.14. The number of nitrogens with one attached hydrogen (secondary N) is 1. The molecule has 6 nitrogen and oxygen atoms in total. The highest BCUT2D eigenvalue weighted by molar-refractivity contribution is 7.19. The zero-order valence-electron chi connectivity index (χ0n) is 14.4. The second-order valence-corrected chi connectivity index (χ2v) is 8.06. The second-order valence-electron chi connectivity index (χ2n) is 6.97. The van der Waals surface area contributed by atoms with E-state index in [0.29, 0.717) is 6.61 Å². The standard InChI is InChI=1S/C17H23N5OS/c1-4-5-6-7-18-16-21-15-13(14-19-10-20-22(14)16)11-8-17(2,3)23-9-12(11)24-15/h10H,4-9H2,1-3H3,(H,18,21). The van der Waals surface area contributed by atoms with Crippen molar-refractivity contribution in [1.82, 2.24) is 19.6 Å². The highest BCUT2D eigenvalue weighted by Crippen LogP contribution is 2.40. The van der Waals surface area contributed by atoms with E-state index in [9.17, 15) is 0 Å². The van der Waals surface area contributed by atoms with Gasteiger partial charge in [0.2, 0.25) is 5.95 Å². The number of aromatic nitrogens is 4. The van der Waals surface area contributed by atoms with E-state index in [4.69, 9.17) is 9.72 Å². The van der Waals surface area contributed by atoms with Crippen LogP contribution in [0.5, 0.6) is 0 Å². The number of anilines is 1. The smallest absolute Gasteiger partial charge is 0.227 e. The minimum Gasteiger partial charge on any atom is -0.370 e. The maximum atomic E-state index is 5.96. The lowest BCUT2D eigenvalue weighted by Crippen LogP contribution is -2.31. The van der Waals surface area contributed by atoms with Gasteiger partial charge in [0.15, 0.2) is 5.65 Å². The molecular weight excluding hydrogens is 322 g/mol. The van der Waals surface area contributed by atoms with Crippen molar-refractivity contribution in [3.63, 3.8) is 0 Å². The molecule has 0 aromatic carbocycles. The van der Waals surface area contributed by atoms with Gasteiger partial charge in [0.25, 0.3) is 0 Å². The summed E-state index contributed by atoms with van der Waals surface area (Å²) in [5, 5.41) is 8.95. The summed E-state index contributed by atoms with van der Waals surface area (Å²) in [7, 11) is 0. The Balaban J connectivity index is 1.79. The summed E-state index contributed by atoms with van der Waals surface area (Å²) in [4.78, 5) is 11.7. The van der Waals surface area contributed by atoms with Crippen molar-refractivity contribution in [1.29, 1.82) is 0 Å². The molecule has 4 heterocycles. The van der Waals surface area contributed by atoms with Crippen LogP contribution in [0.15, 0.2) is 6.33 Å². The van der Waals surface area contributed by atoms with Crippen molar-refractivity contribution in [3.8, 4) is 0 Å². The van der Waals surface area contributed by atoms with Gasteiger partial charge >= 0.3 is 0 Å². The van der Waals surface area contributed by atoms with Gasteiger partial charge < -0.3 is 10.1 Å². The topological polar surface area (TPSA) is 64.3 Å². The van der Waals surface area contributed by atoms with Gasteiger partial charge in [-0.25, -0.2) is 9.97 Å². The molecule has 4 rings (SSSR count). The molecule has 128 valence electrons. The van der Waals surface area contributed by atoms with E-state index in [2.05, 4.69) is 36.2 Å². The monoisotopic (exact) mass is 345 g/mol. The maximum absolute atomic E-state index is 5.96. The predicted octanol–water partition coefficient (Wildman–Crippen LogP) is 3.79. The van der Waals surface area contributed by atoms with Crippen molar-refractivity contribution >= 4 is 33.1 Å². The number of ether oxygens (including phenoxy) is 1. The predicted molar refractivity (Wildman–Crippen MR) is 96.8 cm³/mol. The lowest BCUT2D eigenvalue weighted by molar-refractivity contribution is -0.0379. The van der Waals surface area contributed by atoms with E-state index in [0.717, 1.165) is 41.2 Å². The molecule has 1 N–H and O–H groups in total. The first-order valence-electron chi connectivity index (χ1n) is 8.61. The number of fused-ring (bicyclic) bond motifs is 5. The maximum Gasteiger partial charge on any atom is 0.227 e. The van der Waals surface area contributed by atoms with Crippen molar-refractivity contribution in [2.24, 2.45) is 0 Å². The van der Waals surface area contributed by atoms with Crippen molar-refractivity contribution in [2.75, 3.05) is 11.9 Å². The molecule has 0 atom stereocenters. The third-order valence-corrected chi connectivity index (χ3v) is 5.61. The summed E-state index contributed by atoms with van der Waals surface area (Å²) >= 11 is 1.72. The molecule has 0 spiro atoms. The molecule has 0 radical (unpaired) electrons. The van der Waals surface area contributed by atoms with Crippen LogP contribution in [-0.4, -0.2) is 31.7 Å². The Hall–Kier alpha value is -1.73. The molecule has 1 aliphatic rings. The summed E-state index contributed by atoms with van der Waals surface area (Å²) in [6.45, 7) is 8.04. The molecule has 0 fully saturated rings. The number of hydrogen-bond donors (Lipinski definition) is 1. The first kappa shape index (κ1) is 15.8. The van der Waals surface area contributed by atoms with Gasteiger partial charge in [-0.1, -0.05) is 19.8 Å². The van der Waals surface area contributed by atoms with Crippen molar-refractivity contribution in [3.05, 3.63) is 16.8 Å². The zero-order valence-corrected chi connectivity index (χ0v) is 15.2. The van der Waals surface area contributed by atoms with E-state index >= 15 is 0 Å². The number of thiophene rings is 1. The van der Waals surface area contributed by atoms with Crippen LogP contribution in [0.25, 0.3) is 15.9 Å². The number of rotatable bonds is 5. The minimum atomic E-state index is -0.144. The Labute approximate surface area is 145 Å². The molecule has 24 heavy (non-hydrogen) atoms. The zero-order chi connectivity index (χ0) is 16.7. The number of hydrogen-bond acceptors (Lipinski definition) is 6. The summed E-state index contributed by atoms with van der Waals surface area (Å²) in [6, 6.07) is 0. The Bertz CT molecular complexity index is 882. The van der Waals surface area contributed by atoms with Crippen LogP contribution in [0.4, 0.5) is 5.95 Å². The van der Waals surface area contributed by atoms with Gasteiger partial charge in [-0.15, -0.1) is 11.3 Å². The summed E-state index contributed by atoms with van der Waals surface area (Å²) < 4.78 is 7.80. The molecular formula is C17H23N5OS. The van der Waals surface area contributed by atoms with Gasteiger partial charge in [-0.2, -0.15) is 9.61 Å². The molecule has 0 aliphatic carbocycles. The quantitative estimate of drug-likeness (QED) is 0.713. The van der Waals surface area contributed by atoms with Gasteiger partial charge in [-0.3, -0.25) is 0 Å². The molecule has 0 unspecified atom stereocenters. The molecule has 0 saturated heterocycles. The Morgan fingerprint density at radius 3 is 3.08 bits per heavy atom. The molecule has 0 amide bonds. The fourth-order valence-electron chi connectivity index (χ4n) is 3.25. The molecule has 7 heteroatoms. The van der Waals surface area contributed by atoms with Crippen molar-refractivity contribution < 1.29 is 4.74 Å². The van der Waals surface area contributed by atoms with Crippen LogP contribution in [0.2, 0.25) is 0 Å². The lowest BCUT2D eigenvalue weighted by Gasteiger charge is -2.30. The summed E-state index contributed by atoms with van der Waals surface area (Å²) in [6.07, 6.45) is 6.06. The Kier molecular flexibility index (Phi) is 3.92. The third kappa shape index (κ3) is 2.65. The van der Waals surface area contributed by atoms with E-state index in [1.165, 1.54) is 23.3 Å². The van der Waals surface area contributed by atoms with Gasteiger partial charge in [0.05, 0.1) is 17.6 Å². The fraction of sp³-hybridized carbons (Fsp3) is 0.588. The van der Waals surface area contributed by atoms with E-state index in [-0.39, 0.29) is 5.60 Å². The van der Waals surface area contributed by atoms with Crippen LogP contribution in [-0.2, 0) is 17.8 Å². The Morgan fingerprint density at radius 2 is 2.25 bits per heavy atom. The van der Waals surface area contributed by atoms with Gasteiger partial charge in [-0.05, 0) is 25.8 Å². The molecule has 1 aliphatic heterocycles. The van der Waals surface area contributed by atoms with Gasteiger partial charge in [0.1, 0.15) is 11.2 Å². The van der Waals surface area contributed by atoms with E-state index < -0.39 is 0 Å². The van der Waals surface area contributed by atoms with Gasteiger partial charge in [0, 0.05) is 17.8 Å². The van der Waals surface area contributed by atoms with Crippen LogP contribution in [0, 0.1) is 0 Å². The number of nitrogens with zero attached hydrogens (tertiary/aromatic N) is 4. The largest absolute Gasteiger partial charge is 0.370 e. The van der Waals surface area contributed by atoms with Crippen LogP contribution in [0.3, 0.4) is 0 Å². The van der Waals surface area contributed by atoms with Crippen molar-refractivity contribution in [2.45, 2.75) is 58.7 Å². The minimum absolute atomic E-state index is 0.144. The molecule has 0 bridgehead atoms. The molecule has 0 saturated carbocycles. The third-order valence-electron chi connectivity index (χ3n) is 4.51. The highest BCUT2D eigenvalue weighted by atomic mass is 32.1. The first-order chi connectivity index (χ1) is 11.6. The molecule has 3 aromatic rings. The molecule has 3 aromatic heterocycles. The highest BCUT2D eigenvalue weighted by Gasteiger charge is 2.31. The lowest BCUT2D eigenvalue weighted by atomic mass is 9.94. The van der Waals surface area contributed by atoms with E-state index in [1.807, 2.05) is 4.52 Å². The second kappa shape index (κ2) is 5.97. The normalized spacial score (nSPS) is 16.6. The Morgan fingerprint density at radius 1 is 1.38 bits per heavy atom. The first-order valence-corrected chi connectivity index (χ1v) is 9.42. The summed E-state index contributed by atoms with van der Waals surface area (Å²) in [5.41, 5.74) is 2.08. The van der Waals surface area contributed by atoms with Crippen LogP contribution in [0.1, 0.15) is 50.5 Å². The van der Waals surface area contributed by atoms with E-state index in [1.54, 1.807) is 17.7 Å². The summed E-state index contributed by atoms with van der Waals surface area (Å²) in [5.74, 6) is 0.782. The van der Waals surface area contributed by atoms with Crippen LogP contribution < -0.4 is 5.32 Å². The number of unbranched alkanes of at least 4 members (excludes halogenated alkanes) is 2. The fourth-order valence-corrected chi connectivity index (χ4v) is 4.35.